The summed E-state index contributed by atoms with van der Waals surface area (Å²) in [5.41, 5.74) is 1.01. The zero-order valence-corrected chi connectivity index (χ0v) is 10.5. The van der Waals surface area contributed by atoms with E-state index in [9.17, 15) is 0 Å². The highest BCUT2D eigenvalue weighted by atomic mass is 35.5. The zero-order chi connectivity index (χ0) is 11.4. The molecular formula is C12H18ClN3. The van der Waals surface area contributed by atoms with Crippen LogP contribution in [-0.4, -0.2) is 27.5 Å². The molecule has 88 valence electrons. The van der Waals surface area contributed by atoms with Gasteiger partial charge in [-0.15, -0.1) is 0 Å². The molecule has 1 atom stereocenters. The molecule has 0 N–H and O–H groups in total. The third-order valence-corrected chi connectivity index (χ3v) is 3.42. The molecule has 2 rings (SSSR count). The van der Waals surface area contributed by atoms with E-state index in [1.807, 2.05) is 0 Å². The monoisotopic (exact) mass is 239 g/mol. The van der Waals surface area contributed by atoms with E-state index in [-0.39, 0.29) is 0 Å². The Hall–Kier alpha value is -0.670. The van der Waals surface area contributed by atoms with E-state index in [4.69, 9.17) is 11.6 Å². The first kappa shape index (κ1) is 11.8. The van der Waals surface area contributed by atoms with Gasteiger partial charge in [-0.3, -0.25) is 9.88 Å². The maximum atomic E-state index is 5.72. The second-order valence-corrected chi connectivity index (χ2v) is 4.89. The van der Waals surface area contributed by atoms with Gasteiger partial charge in [-0.05, 0) is 26.3 Å². The highest BCUT2D eigenvalue weighted by Crippen LogP contribution is 2.18. The Balaban J connectivity index is 1.99. The highest BCUT2D eigenvalue weighted by Gasteiger charge is 2.17. The number of halogens is 1. The van der Waals surface area contributed by atoms with Crippen molar-refractivity contribution in [3.05, 3.63) is 23.2 Å². The predicted molar refractivity (Wildman–Crippen MR) is 65.4 cm³/mol. The fraction of sp³-hybridized carbons (Fsp3) is 0.667. The number of aromatic nitrogens is 2. The lowest BCUT2D eigenvalue weighted by Crippen LogP contribution is -2.32. The van der Waals surface area contributed by atoms with Gasteiger partial charge in [0.05, 0.1) is 18.1 Å². The van der Waals surface area contributed by atoms with Crippen molar-refractivity contribution in [3.63, 3.8) is 0 Å². The smallest absolute Gasteiger partial charge is 0.147 e. The molecule has 1 aliphatic heterocycles. The molecule has 0 saturated carbocycles. The van der Waals surface area contributed by atoms with Crippen LogP contribution in [0.15, 0.2) is 12.4 Å². The Morgan fingerprint density at radius 3 is 2.94 bits per heavy atom. The quantitative estimate of drug-likeness (QED) is 0.795. The van der Waals surface area contributed by atoms with Crippen molar-refractivity contribution < 1.29 is 0 Å². The van der Waals surface area contributed by atoms with Gasteiger partial charge in [0.2, 0.25) is 0 Å². The molecule has 1 aromatic rings. The summed E-state index contributed by atoms with van der Waals surface area (Å²) in [7, 11) is 0. The van der Waals surface area contributed by atoms with Crippen LogP contribution in [0.1, 0.15) is 38.3 Å². The molecule has 3 nitrogen and oxygen atoms in total. The van der Waals surface area contributed by atoms with Gasteiger partial charge >= 0.3 is 0 Å². The first-order valence-electron chi connectivity index (χ1n) is 5.96. The standard InChI is InChI=1S/C12H18ClN3/c1-10-5-3-2-4-6-16(10)9-11-7-15-12(13)8-14-11/h7-8,10H,2-6,9H2,1H3. The predicted octanol–water partition coefficient (Wildman–Crippen LogP) is 2.89. The summed E-state index contributed by atoms with van der Waals surface area (Å²) in [5.74, 6) is 0. The molecule has 2 heterocycles. The minimum absolute atomic E-state index is 0.465. The van der Waals surface area contributed by atoms with Crippen LogP contribution in [0.2, 0.25) is 5.15 Å². The van der Waals surface area contributed by atoms with Crippen molar-refractivity contribution in [2.75, 3.05) is 6.54 Å². The van der Waals surface area contributed by atoms with Crippen molar-refractivity contribution >= 4 is 11.6 Å². The van der Waals surface area contributed by atoms with Gasteiger partial charge in [-0.25, -0.2) is 4.98 Å². The highest BCUT2D eigenvalue weighted by molar-refractivity contribution is 6.29. The maximum Gasteiger partial charge on any atom is 0.147 e. The van der Waals surface area contributed by atoms with Crippen LogP contribution in [0, 0.1) is 0 Å². The first-order valence-corrected chi connectivity index (χ1v) is 6.34. The average Bonchev–Trinajstić information content (AvgIpc) is 2.48. The van der Waals surface area contributed by atoms with Gasteiger partial charge in [-0.1, -0.05) is 24.4 Å². The molecule has 1 unspecified atom stereocenters. The van der Waals surface area contributed by atoms with E-state index in [0.717, 1.165) is 12.2 Å². The van der Waals surface area contributed by atoms with Crippen molar-refractivity contribution in [1.29, 1.82) is 0 Å². The summed E-state index contributed by atoms with van der Waals surface area (Å²) in [6.07, 6.45) is 8.70. The van der Waals surface area contributed by atoms with Gasteiger partial charge in [0, 0.05) is 12.6 Å². The molecule has 0 bridgehead atoms. The number of rotatable bonds is 2. The van der Waals surface area contributed by atoms with Crippen molar-refractivity contribution in [2.45, 2.75) is 45.2 Å². The molecule has 1 fully saturated rings. The molecular weight excluding hydrogens is 222 g/mol. The lowest BCUT2D eigenvalue weighted by Gasteiger charge is -2.26. The van der Waals surface area contributed by atoms with E-state index >= 15 is 0 Å². The van der Waals surface area contributed by atoms with E-state index in [1.165, 1.54) is 32.2 Å². The summed E-state index contributed by atoms with van der Waals surface area (Å²) in [4.78, 5) is 10.9. The summed E-state index contributed by atoms with van der Waals surface area (Å²) in [6, 6.07) is 0.653. The Labute approximate surface area is 102 Å². The molecule has 1 saturated heterocycles. The summed E-state index contributed by atoms with van der Waals surface area (Å²) < 4.78 is 0. The summed E-state index contributed by atoms with van der Waals surface area (Å²) in [6.45, 7) is 4.37. The Morgan fingerprint density at radius 2 is 2.19 bits per heavy atom. The minimum atomic E-state index is 0.465. The molecule has 4 heteroatoms. The van der Waals surface area contributed by atoms with Crippen molar-refractivity contribution in [2.24, 2.45) is 0 Å². The molecule has 1 aromatic heterocycles. The second-order valence-electron chi connectivity index (χ2n) is 4.50. The molecule has 1 aliphatic rings. The average molecular weight is 240 g/mol. The number of hydrogen-bond acceptors (Lipinski definition) is 3. The minimum Gasteiger partial charge on any atom is -0.295 e. The Kier molecular flexibility index (Phi) is 4.13. The van der Waals surface area contributed by atoms with Crippen molar-refractivity contribution in [1.82, 2.24) is 14.9 Å². The Morgan fingerprint density at radius 1 is 1.31 bits per heavy atom. The second kappa shape index (κ2) is 5.60. The molecule has 0 aromatic carbocycles. The van der Waals surface area contributed by atoms with Crippen LogP contribution in [-0.2, 0) is 6.54 Å². The number of hydrogen-bond donors (Lipinski definition) is 0. The fourth-order valence-electron chi connectivity index (χ4n) is 2.20. The molecule has 0 spiro atoms. The van der Waals surface area contributed by atoms with Crippen LogP contribution in [0.5, 0.6) is 0 Å². The van der Waals surface area contributed by atoms with E-state index < -0.39 is 0 Å². The third kappa shape index (κ3) is 3.16. The van der Waals surface area contributed by atoms with E-state index in [2.05, 4.69) is 21.8 Å². The lowest BCUT2D eigenvalue weighted by atomic mass is 10.1. The topological polar surface area (TPSA) is 29.0 Å². The van der Waals surface area contributed by atoms with Gasteiger partial charge in [0.1, 0.15) is 5.15 Å². The van der Waals surface area contributed by atoms with Crippen LogP contribution in [0.25, 0.3) is 0 Å². The lowest BCUT2D eigenvalue weighted by molar-refractivity contribution is 0.202. The molecule has 16 heavy (non-hydrogen) atoms. The number of likely N-dealkylation sites (tertiary alicyclic amines) is 1. The van der Waals surface area contributed by atoms with Crippen molar-refractivity contribution in [3.8, 4) is 0 Å². The normalized spacial score (nSPS) is 23.0. The number of nitrogens with zero attached hydrogens (tertiary/aromatic N) is 3. The molecule has 0 radical (unpaired) electrons. The van der Waals surface area contributed by atoms with Crippen LogP contribution < -0.4 is 0 Å². The largest absolute Gasteiger partial charge is 0.295 e. The van der Waals surface area contributed by atoms with E-state index in [0.29, 0.717) is 11.2 Å². The maximum absolute atomic E-state index is 5.72. The zero-order valence-electron chi connectivity index (χ0n) is 9.69. The summed E-state index contributed by atoms with van der Waals surface area (Å²) in [5, 5.41) is 0.465. The Bertz CT molecular complexity index is 326. The molecule has 0 amide bonds. The van der Waals surface area contributed by atoms with Crippen LogP contribution in [0.4, 0.5) is 0 Å². The molecule has 0 aliphatic carbocycles. The SMILES string of the molecule is CC1CCCCCN1Cc1cnc(Cl)cn1. The van der Waals surface area contributed by atoms with Gasteiger partial charge < -0.3 is 0 Å². The van der Waals surface area contributed by atoms with Gasteiger partial charge in [0.25, 0.3) is 0 Å². The van der Waals surface area contributed by atoms with Crippen LogP contribution in [0.3, 0.4) is 0 Å². The fourth-order valence-corrected chi connectivity index (χ4v) is 2.30. The van der Waals surface area contributed by atoms with Crippen LogP contribution >= 0.6 is 11.6 Å². The van der Waals surface area contributed by atoms with Gasteiger partial charge in [-0.2, -0.15) is 0 Å². The summed E-state index contributed by atoms with van der Waals surface area (Å²) >= 11 is 5.72. The first-order chi connectivity index (χ1) is 7.75. The van der Waals surface area contributed by atoms with Gasteiger partial charge in [0.15, 0.2) is 0 Å². The van der Waals surface area contributed by atoms with E-state index in [1.54, 1.807) is 12.4 Å². The third-order valence-electron chi connectivity index (χ3n) is 3.23.